The average Bonchev–Trinajstić information content (AvgIpc) is 2.46. The number of hydrogen-bond acceptors (Lipinski definition) is 5. The van der Waals surface area contributed by atoms with Gasteiger partial charge in [-0.25, -0.2) is 9.97 Å². The van der Waals surface area contributed by atoms with Gasteiger partial charge in [0, 0.05) is 38.5 Å². The van der Waals surface area contributed by atoms with Crippen LogP contribution in [0.2, 0.25) is 0 Å². The smallest absolute Gasteiger partial charge is 0.224 e. The molecular formula is C15H24N4O2. The molecule has 1 atom stereocenters. The van der Waals surface area contributed by atoms with E-state index in [1.165, 1.54) is 0 Å². The fourth-order valence-electron chi connectivity index (χ4n) is 2.68. The minimum absolute atomic E-state index is 0.0196. The molecule has 0 radical (unpaired) electrons. The van der Waals surface area contributed by atoms with Crippen molar-refractivity contribution in [3.05, 3.63) is 17.6 Å². The van der Waals surface area contributed by atoms with Gasteiger partial charge in [0.2, 0.25) is 5.91 Å². The summed E-state index contributed by atoms with van der Waals surface area (Å²) in [6.45, 7) is 6.64. The van der Waals surface area contributed by atoms with Crippen molar-refractivity contribution >= 4 is 11.7 Å². The molecule has 116 valence electrons. The Morgan fingerprint density at radius 2 is 2.29 bits per heavy atom. The van der Waals surface area contributed by atoms with Crippen molar-refractivity contribution < 1.29 is 9.53 Å². The van der Waals surface area contributed by atoms with Gasteiger partial charge in [0.05, 0.1) is 12.5 Å². The van der Waals surface area contributed by atoms with Crippen molar-refractivity contribution in [2.75, 3.05) is 38.3 Å². The van der Waals surface area contributed by atoms with E-state index in [4.69, 9.17) is 4.74 Å². The SMILES string of the molecule is COCCNC(=O)C1CCCN(c2cc(C)nc(C)n2)C1. The van der Waals surface area contributed by atoms with E-state index in [2.05, 4.69) is 20.2 Å². The molecule has 1 amide bonds. The Morgan fingerprint density at radius 1 is 1.48 bits per heavy atom. The summed E-state index contributed by atoms with van der Waals surface area (Å²) in [5.41, 5.74) is 0.962. The van der Waals surface area contributed by atoms with Crippen LogP contribution >= 0.6 is 0 Å². The van der Waals surface area contributed by atoms with Gasteiger partial charge in [-0.2, -0.15) is 0 Å². The maximum atomic E-state index is 12.2. The fraction of sp³-hybridized carbons (Fsp3) is 0.667. The van der Waals surface area contributed by atoms with Crippen LogP contribution in [0.25, 0.3) is 0 Å². The second kappa shape index (κ2) is 7.36. The molecule has 0 spiro atoms. The Hall–Kier alpha value is -1.69. The number of aryl methyl sites for hydroxylation is 2. The average molecular weight is 292 g/mol. The number of nitrogens with zero attached hydrogens (tertiary/aromatic N) is 3. The van der Waals surface area contributed by atoms with Crippen molar-refractivity contribution in [1.29, 1.82) is 0 Å². The molecule has 21 heavy (non-hydrogen) atoms. The zero-order chi connectivity index (χ0) is 15.2. The molecule has 0 bridgehead atoms. The van der Waals surface area contributed by atoms with E-state index < -0.39 is 0 Å². The summed E-state index contributed by atoms with van der Waals surface area (Å²) >= 11 is 0. The summed E-state index contributed by atoms with van der Waals surface area (Å²) in [7, 11) is 1.63. The van der Waals surface area contributed by atoms with Crippen molar-refractivity contribution in [1.82, 2.24) is 15.3 Å². The summed E-state index contributed by atoms with van der Waals surface area (Å²) in [6.07, 6.45) is 1.93. The highest BCUT2D eigenvalue weighted by molar-refractivity contribution is 5.79. The second-order valence-corrected chi connectivity index (χ2v) is 5.48. The van der Waals surface area contributed by atoms with Crippen LogP contribution in [-0.2, 0) is 9.53 Å². The normalized spacial score (nSPS) is 18.6. The van der Waals surface area contributed by atoms with Crippen LogP contribution in [0, 0.1) is 19.8 Å². The van der Waals surface area contributed by atoms with Gasteiger partial charge in [-0.15, -0.1) is 0 Å². The maximum Gasteiger partial charge on any atom is 0.224 e. The first-order valence-corrected chi connectivity index (χ1v) is 7.44. The zero-order valence-electron chi connectivity index (χ0n) is 13.1. The topological polar surface area (TPSA) is 67.3 Å². The molecule has 1 aliphatic heterocycles. The third kappa shape index (κ3) is 4.39. The molecule has 1 aromatic rings. The molecule has 0 aromatic carbocycles. The number of rotatable bonds is 5. The monoisotopic (exact) mass is 292 g/mol. The van der Waals surface area contributed by atoms with Gasteiger partial charge in [0.25, 0.3) is 0 Å². The van der Waals surface area contributed by atoms with E-state index >= 15 is 0 Å². The number of carbonyl (C=O) groups is 1. The van der Waals surface area contributed by atoms with Crippen molar-refractivity contribution in [2.24, 2.45) is 5.92 Å². The molecule has 1 aliphatic rings. The molecule has 1 aromatic heterocycles. The van der Waals surface area contributed by atoms with Crippen LogP contribution < -0.4 is 10.2 Å². The van der Waals surface area contributed by atoms with E-state index in [0.29, 0.717) is 19.7 Å². The van der Waals surface area contributed by atoms with Gasteiger partial charge in [0.1, 0.15) is 11.6 Å². The number of aromatic nitrogens is 2. The highest BCUT2D eigenvalue weighted by Crippen LogP contribution is 2.22. The summed E-state index contributed by atoms with van der Waals surface area (Å²) < 4.78 is 4.95. The summed E-state index contributed by atoms with van der Waals surface area (Å²) in [5, 5.41) is 2.92. The maximum absolute atomic E-state index is 12.2. The van der Waals surface area contributed by atoms with E-state index in [-0.39, 0.29) is 11.8 Å². The van der Waals surface area contributed by atoms with Crippen LogP contribution in [-0.4, -0.2) is 49.2 Å². The summed E-state index contributed by atoms with van der Waals surface area (Å²) in [6, 6.07) is 1.98. The van der Waals surface area contributed by atoms with Crippen LogP contribution in [0.15, 0.2) is 6.07 Å². The van der Waals surface area contributed by atoms with Crippen LogP contribution in [0.1, 0.15) is 24.4 Å². The minimum Gasteiger partial charge on any atom is -0.383 e. The number of nitrogens with one attached hydrogen (secondary N) is 1. The quantitative estimate of drug-likeness (QED) is 0.822. The molecular weight excluding hydrogens is 268 g/mol. The van der Waals surface area contributed by atoms with Gasteiger partial charge >= 0.3 is 0 Å². The largest absolute Gasteiger partial charge is 0.383 e. The molecule has 1 unspecified atom stereocenters. The highest BCUT2D eigenvalue weighted by atomic mass is 16.5. The molecule has 6 heteroatoms. The number of hydrogen-bond donors (Lipinski definition) is 1. The Kier molecular flexibility index (Phi) is 5.50. The van der Waals surface area contributed by atoms with Gasteiger partial charge in [0.15, 0.2) is 0 Å². The lowest BCUT2D eigenvalue weighted by atomic mass is 9.97. The molecule has 2 rings (SSSR count). The Labute approximate surface area is 125 Å². The molecule has 1 saturated heterocycles. The number of amides is 1. The van der Waals surface area contributed by atoms with Crippen LogP contribution in [0.3, 0.4) is 0 Å². The zero-order valence-corrected chi connectivity index (χ0v) is 13.1. The summed E-state index contributed by atoms with van der Waals surface area (Å²) in [5.74, 6) is 1.83. The molecule has 0 aliphatic carbocycles. The van der Waals surface area contributed by atoms with Gasteiger partial charge < -0.3 is 15.0 Å². The third-order valence-corrected chi connectivity index (χ3v) is 3.67. The van der Waals surface area contributed by atoms with Gasteiger partial charge in [-0.1, -0.05) is 0 Å². The predicted octanol–water partition coefficient (Wildman–Crippen LogP) is 1.07. The Balaban J connectivity index is 1.98. The minimum atomic E-state index is 0.0196. The number of piperidine rings is 1. The van der Waals surface area contributed by atoms with Gasteiger partial charge in [-0.05, 0) is 26.7 Å². The number of anilines is 1. The first-order chi connectivity index (χ1) is 10.1. The fourth-order valence-corrected chi connectivity index (χ4v) is 2.68. The van der Waals surface area contributed by atoms with E-state index in [1.54, 1.807) is 7.11 Å². The highest BCUT2D eigenvalue weighted by Gasteiger charge is 2.26. The first kappa shape index (κ1) is 15.7. The molecule has 6 nitrogen and oxygen atoms in total. The molecule has 1 N–H and O–H groups in total. The Morgan fingerprint density at radius 3 is 3.00 bits per heavy atom. The number of carbonyl (C=O) groups excluding carboxylic acids is 1. The van der Waals surface area contributed by atoms with E-state index in [0.717, 1.165) is 36.7 Å². The standard InChI is InChI=1S/C15H24N4O2/c1-11-9-14(18-12(2)17-11)19-7-4-5-13(10-19)15(20)16-6-8-21-3/h9,13H,4-8,10H2,1-3H3,(H,16,20). The first-order valence-electron chi connectivity index (χ1n) is 7.44. The third-order valence-electron chi connectivity index (χ3n) is 3.67. The van der Waals surface area contributed by atoms with Crippen molar-refractivity contribution in [3.63, 3.8) is 0 Å². The molecule has 1 fully saturated rings. The lowest BCUT2D eigenvalue weighted by Crippen LogP contribution is -2.44. The van der Waals surface area contributed by atoms with Crippen LogP contribution in [0.4, 0.5) is 5.82 Å². The summed E-state index contributed by atoms with van der Waals surface area (Å²) in [4.78, 5) is 23.1. The predicted molar refractivity (Wildman–Crippen MR) is 81.3 cm³/mol. The lowest BCUT2D eigenvalue weighted by Gasteiger charge is -2.33. The number of methoxy groups -OCH3 is 1. The van der Waals surface area contributed by atoms with Crippen molar-refractivity contribution in [2.45, 2.75) is 26.7 Å². The van der Waals surface area contributed by atoms with Crippen LogP contribution in [0.5, 0.6) is 0 Å². The van der Waals surface area contributed by atoms with Crippen molar-refractivity contribution in [3.8, 4) is 0 Å². The van der Waals surface area contributed by atoms with E-state index in [1.807, 2.05) is 19.9 Å². The lowest BCUT2D eigenvalue weighted by molar-refractivity contribution is -0.125. The molecule has 2 heterocycles. The number of ether oxygens (including phenoxy) is 1. The second-order valence-electron chi connectivity index (χ2n) is 5.48. The molecule has 0 saturated carbocycles. The van der Waals surface area contributed by atoms with E-state index in [9.17, 15) is 4.79 Å². The Bertz CT molecular complexity index is 472. The van der Waals surface area contributed by atoms with Gasteiger partial charge in [-0.3, -0.25) is 4.79 Å².